The van der Waals surface area contributed by atoms with Crippen molar-refractivity contribution in [2.75, 3.05) is 6.54 Å². The number of nitrogens with zero attached hydrogens (tertiary/aromatic N) is 1. The van der Waals surface area contributed by atoms with Crippen LogP contribution in [0.5, 0.6) is 0 Å². The molecule has 2 atom stereocenters. The van der Waals surface area contributed by atoms with E-state index >= 15 is 0 Å². The number of halogens is 1. The summed E-state index contributed by atoms with van der Waals surface area (Å²) in [6, 6.07) is 6.09. The maximum Gasteiger partial charge on any atom is 0.0931 e. The first-order chi connectivity index (χ1) is 8.72. The largest absolute Gasteiger partial charge is 0.328 e. The van der Waals surface area contributed by atoms with Crippen molar-refractivity contribution in [2.45, 2.75) is 56.7 Å². The molecule has 2 fully saturated rings. The van der Waals surface area contributed by atoms with Crippen LogP contribution in [-0.4, -0.2) is 29.6 Å². The van der Waals surface area contributed by atoms with E-state index in [1.54, 1.807) is 11.3 Å². The van der Waals surface area contributed by atoms with Crippen LogP contribution in [-0.2, 0) is 6.42 Å². The second-order valence-electron chi connectivity index (χ2n) is 5.66. The molecule has 2 unspecified atom stereocenters. The Hall–Kier alpha value is -0.0900. The summed E-state index contributed by atoms with van der Waals surface area (Å²) in [6.45, 7) is 1.18. The lowest BCUT2D eigenvalue weighted by Gasteiger charge is -2.48. The second-order valence-corrected chi connectivity index (χ2v) is 7.46. The van der Waals surface area contributed by atoms with Crippen molar-refractivity contribution in [1.29, 1.82) is 0 Å². The smallest absolute Gasteiger partial charge is 0.0931 e. The molecule has 100 valence electrons. The first-order valence-corrected chi connectivity index (χ1v) is 8.17. The molecular weight excluding hydrogens is 264 g/mol. The van der Waals surface area contributed by atoms with Crippen molar-refractivity contribution in [3.05, 3.63) is 21.3 Å². The molecule has 2 saturated heterocycles. The molecule has 0 saturated carbocycles. The lowest BCUT2D eigenvalue weighted by atomic mass is 9.82. The summed E-state index contributed by atoms with van der Waals surface area (Å²) in [7, 11) is 0. The van der Waals surface area contributed by atoms with E-state index in [1.165, 1.54) is 43.5 Å². The zero-order chi connectivity index (χ0) is 12.5. The fourth-order valence-electron chi connectivity index (χ4n) is 3.61. The summed E-state index contributed by atoms with van der Waals surface area (Å²) >= 11 is 7.70. The molecular formula is C14H21ClN2S. The summed E-state index contributed by atoms with van der Waals surface area (Å²) in [5.41, 5.74) is 6.16. The molecule has 0 radical (unpaired) electrons. The van der Waals surface area contributed by atoms with Crippen LogP contribution < -0.4 is 5.73 Å². The van der Waals surface area contributed by atoms with Crippen LogP contribution in [0.4, 0.5) is 0 Å². The molecule has 2 aliphatic heterocycles. The second kappa shape index (κ2) is 5.49. The van der Waals surface area contributed by atoms with Crippen LogP contribution in [0.2, 0.25) is 4.34 Å². The maximum absolute atomic E-state index is 6.16. The number of fused-ring (bicyclic) bond motifs is 2. The molecule has 0 aromatic carbocycles. The van der Waals surface area contributed by atoms with E-state index in [-0.39, 0.29) is 0 Å². The van der Waals surface area contributed by atoms with Gasteiger partial charge in [0, 0.05) is 29.5 Å². The zero-order valence-electron chi connectivity index (χ0n) is 10.6. The highest BCUT2D eigenvalue weighted by atomic mass is 35.5. The molecule has 0 aliphatic carbocycles. The standard InChI is InChI=1S/C14H21ClN2S/c15-14-5-4-13(18-14)6-7-17-11-2-1-3-12(17)9-10(16)8-11/h4-5,10-12H,1-3,6-9,16H2. The van der Waals surface area contributed by atoms with Gasteiger partial charge in [-0.25, -0.2) is 0 Å². The van der Waals surface area contributed by atoms with Crippen LogP contribution in [0.1, 0.15) is 37.0 Å². The van der Waals surface area contributed by atoms with E-state index < -0.39 is 0 Å². The molecule has 2 nitrogen and oxygen atoms in total. The summed E-state index contributed by atoms with van der Waals surface area (Å²) in [4.78, 5) is 4.13. The average Bonchev–Trinajstić information content (AvgIpc) is 2.72. The Morgan fingerprint density at radius 1 is 1.28 bits per heavy atom. The number of thiophene rings is 1. The lowest BCUT2D eigenvalue weighted by Crippen LogP contribution is -2.55. The van der Waals surface area contributed by atoms with Crippen molar-refractivity contribution in [3.63, 3.8) is 0 Å². The molecule has 3 rings (SSSR count). The predicted molar refractivity (Wildman–Crippen MR) is 78.4 cm³/mol. The van der Waals surface area contributed by atoms with E-state index in [2.05, 4.69) is 11.0 Å². The fraction of sp³-hybridized carbons (Fsp3) is 0.714. The van der Waals surface area contributed by atoms with Gasteiger partial charge < -0.3 is 5.73 Å². The van der Waals surface area contributed by atoms with Crippen molar-refractivity contribution < 1.29 is 0 Å². The first-order valence-electron chi connectivity index (χ1n) is 6.98. The fourth-order valence-corrected chi connectivity index (χ4v) is 4.69. The molecule has 1 aromatic heterocycles. The molecule has 2 bridgehead atoms. The minimum atomic E-state index is 0.438. The summed E-state index contributed by atoms with van der Waals surface area (Å²) in [5, 5.41) is 0. The monoisotopic (exact) mass is 284 g/mol. The lowest BCUT2D eigenvalue weighted by molar-refractivity contribution is 0.0329. The van der Waals surface area contributed by atoms with E-state index in [1.807, 2.05) is 6.07 Å². The Bertz CT molecular complexity index is 392. The first kappa shape index (κ1) is 12.9. The van der Waals surface area contributed by atoms with Gasteiger partial charge in [0.05, 0.1) is 4.34 Å². The SMILES string of the molecule is NC1CC2CCCC(C1)N2CCc1ccc(Cl)s1. The minimum absolute atomic E-state index is 0.438. The van der Waals surface area contributed by atoms with Crippen LogP contribution in [0.15, 0.2) is 12.1 Å². The number of hydrogen-bond acceptors (Lipinski definition) is 3. The zero-order valence-corrected chi connectivity index (χ0v) is 12.2. The quantitative estimate of drug-likeness (QED) is 0.923. The van der Waals surface area contributed by atoms with E-state index in [9.17, 15) is 0 Å². The Balaban J connectivity index is 1.61. The Kier molecular flexibility index (Phi) is 3.94. The van der Waals surface area contributed by atoms with E-state index in [0.717, 1.165) is 22.8 Å². The molecule has 18 heavy (non-hydrogen) atoms. The molecule has 1 aromatic rings. The number of rotatable bonds is 3. The van der Waals surface area contributed by atoms with Crippen molar-refractivity contribution >= 4 is 22.9 Å². The number of hydrogen-bond donors (Lipinski definition) is 1. The van der Waals surface area contributed by atoms with Crippen molar-refractivity contribution in [2.24, 2.45) is 5.73 Å². The normalized spacial score (nSPS) is 32.7. The predicted octanol–water partition coefficient (Wildman–Crippen LogP) is 3.29. The summed E-state index contributed by atoms with van der Waals surface area (Å²) in [6.07, 6.45) is 7.61. The van der Waals surface area contributed by atoms with Crippen LogP contribution in [0.3, 0.4) is 0 Å². The summed E-state index contributed by atoms with van der Waals surface area (Å²) < 4.78 is 0.908. The van der Waals surface area contributed by atoms with Gasteiger partial charge in [0.1, 0.15) is 0 Å². The highest BCUT2D eigenvalue weighted by molar-refractivity contribution is 7.16. The van der Waals surface area contributed by atoms with Crippen molar-refractivity contribution in [1.82, 2.24) is 4.90 Å². The van der Waals surface area contributed by atoms with E-state index in [0.29, 0.717) is 6.04 Å². The Labute approximate surface area is 118 Å². The highest BCUT2D eigenvalue weighted by Gasteiger charge is 2.36. The van der Waals surface area contributed by atoms with Gasteiger partial charge in [-0.05, 0) is 44.2 Å². The number of nitrogens with two attached hydrogens (primary N) is 1. The topological polar surface area (TPSA) is 29.3 Å². The van der Waals surface area contributed by atoms with Crippen LogP contribution in [0.25, 0.3) is 0 Å². The van der Waals surface area contributed by atoms with Gasteiger partial charge in [-0.15, -0.1) is 11.3 Å². The van der Waals surface area contributed by atoms with E-state index in [4.69, 9.17) is 17.3 Å². The molecule has 3 heterocycles. The molecule has 0 spiro atoms. The van der Waals surface area contributed by atoms with Gasteiger partial charge in [0.25, 0.3) is 0 Å². The molecule has 2 aliphatic rings. The third kappa shape index (κ3) is 2.74. The highest BCUT2D eigenvalue weighted by Crippen LogP contribution is 2.33. The molecule has 0 amide bonds. The molecule has 2 N–H and O–H groups in total. The summed E-state index contributed by atoms with van der Waals surface area (Å²) in [5.74, 6) is 0. The van der Waals surface area contributed by atoms with Crippen LogP contribution in [0, 0.1) is 0 Å². The Morgan fingerprint density at radius 3 is 2.61 bits per heavy atom. The average molecular weight is 285 g/mol. The Morgan fingerprint density at radius 2 is 2.00 bits per heavy atom. The van der Waals surface area contributed by atoms with Crippen molar-refractivity contribution in [3.8, 4) is 0 Å². The van der Waals surface area contributed by atoms with Crippen LogP contribution >= 0.6 is 22.9 Å². The van der Waals surface area contributed by atoms with Gasteiger partial charge in [-0.1, -0.05) is 18.0 Å². The van der Waals surface area contributed by atoms with Gasteiger partial charge in [0.15, 0.2) is 0 Å². The molecule has 4 heteroatoms. The minimum Gasteiger partial charge on any atom is -0.328 e. The van der Waals surface area contributed by atoms with Gasteiger partial charge in [0.2, 0.25) is 0 Å². The van der Waals surface area contributed by atoms with Gasteiger partial charge >= 0.3 is 0 Å². The maximum atomic E-state index is 6.16. The third-order valence-electron chi connectivity index (χ3n) is 4.41. The van der Waals surface area contributed by atoms with Gasteiger partial charge in [-0.2, -0.15) is 0 Å². The number of piperidine rings is 2. The van der Waals surface area contributed by atoms with Gasteiger partial charge in [-0.3, -0.25) is 4.90 Å². The third-order valence-corrected chi connectivity index (χ3v) is 5.70.